The summed E-state index contributed by atoms with van der Waals surface area (Å²) in [5, 5.41) is 2.88. The summed E-state index contributed by atoms with van der Waals surface area (Å²) in [6, 6.07) is 10.3. The zero-order valence-electron chi connectivity index (χ0n) is 16.6. The van der Waals surface area contributed by atoms with Crippen molar-refractivity contribution in [2.75, 3.05) is 19.0 Å². The van der Waals surface area contributed by atoms with E-state index in [0.717, 1.165) is 11.3 Å². The van der Waals surface area contributed by atoms with Gasteiger partial charge < -0.3 is 19.9 Å². The molecule has 1 unspecified atom stereocenters. The first-order valence-corrected chi connectivity index (χ1v) is 9.52. The fourth-order valence-corrected chi connectivity index (χ4v) is 3.70. The van der Waals surface area contributed by atoms with Gasteiger partial charge in [-0.15, -0.1) is 0 Å². The lowest BCUT2D eigenvalue weighted by Crippen LogP contribution is -2.43. The largest absolute Gasteiger partial charge is 0.465 e. The monoisotopic (exact) mass is 408 g/mol. The topological polar surface area (TPSA) is 87.3 Å². The summed E-state index contributed by atoms with van der Waals surface area (Å²) in [5.74, 6) is -0.862. The Morgan fingerprint density at radius 2 is 2.10 bits per heavy atom. The van der Waals surface area contributed by atoms with Crippen molar-refractivity contribution in [2.45, 2.75) is 19.4 Å². The van der Waals surface area contributed by atoms with Gasteiger partial charge in [0.25, 0.3) is 0 Å². The number of H-pyrrole nitrogens is 1. The Bertz CT molecular complexity index is 1110. The first-order chi connectivity index (χ1) is 14.5. The van der Waals surface area contributed by atoms with E-state index in [1.165, 1.54) is 19.2 Å². The zero-order valence-corrected chi connectivity index (χ0v) is 16.6. The molecule has 0 saturated heterocycles. The van der Waals surface area contributed by atoms with Gasteiger partial charge in [0.05, 0.1) is 24.7 Å². The van der Waals surface area contributed by atoms with Gasteiger partial charge >= 0.3 is 12.0 Å². The molecule has 1 atom stereocenters. The summed E-state index contributed by atoms with van der Waals surface area (Å²) in [5.41, 5.74) is 3.91. The number of amides is 2. The van der Waals surface area contributed by atoms with Gasteiger partial charge in [-0.05, 0) is 42.3 Å². The number of esters is 1. The lowest BCUT2D eigenvalue weighted by molar-refractivity contribution is 0.0600. The highest BCUT2D eigenvalue weighted by atomic mass is 19.1. The van der Waals surface area contributed by atoms with E-state index in [0.29, 0.717) is 35.5 Å². The van der Waals surface area contributed by atoms with Crippen LogP contribution in [0.2, 0.25) is 0 Å². The van der Waals surface area contributed by atoms with Crippen molar-refractivity contribution in [3.8, 4) is 0 Å². The first kappa shape index (κ1) is 19.6. The minimum atomic E-state index is -0.528. The van der Waals surface area contributed by atoms with E-state index in [1.807, 2.05) is 6.92 Å². The zero-order chi connectivity index (χ0) is 21.3. The lowest BCUT2D eigenvalue weighted by atomic mass is 9.96. The minimum Gasteiger partial charge on any atom is -0.465 e. The molecule has 4 rings (SSSR count). The number of rotatable bonds is 3. The number of nitrogens with zero attached hydrogens (tertiary/aromatic N) is 2. The van der Waals surface area contributed by atoms with Crippen LogP contribution in [0.5, 0.6) is 0 Å². The molecule has 154 valence electrons. The molecular formula is C22H21FN4O3. The number of hydrogen-bond acceptors (Lipinski definition) is 4. The second-order valence-electron chi connectivity index (χ2n) is 7.12. The summed E-state index contributed by atoms with van der Waals surface area (Å²) >= 11 is 0. The molecule has 0 fully saturated rings. The molecule has 8 heteroatoms. The molecule has 2 heterocycles. The van der Waals surface area contributed by atoms with E-state index < -0.39 is 12.0 Å². The van der Waals surface area contributed by atoms with Crippen LogP contribution in [0.15, 0.2) is 48.8 Å². The van der Waals surface area contributed by atoms with Crippen LogP contribution in [0, 0.1) is 12.7 Å². The van der Waals surface area contributed by atoms with E-state index in [9.17, 15) is 14.0 Å². The van der Waals surface area contributed by atoms with E-state index in [1.54, 1.807) is 41.6 Å². The lowest BCUT2D eigenvalue weighted by Gasteiger charge is -2.35. The van der Waals surface area contributed by atoms with Gasteiger partial charge in [0.15, 0.2) is 0 Å². The van der Waals surface area contributed by atoms with E-state index in [2.05, 4.69) is 15.3 Å². The first-order valence-electron chi connectivity index (χ1n) is 9.52. The average Bonchev–Trinajstić information content (AvgIpc) is 3.22. The molecule has 30 heavy (non-hydrogen) atoms. The van der Waals surface area contributed by atoms with Crippen LogP contribution in [-0.2, 0) is 11.2 Å². The van der Waals surface area contributed by atoms with Gasteiger partial charge in [-0.2, -0.15) is 0 Å². The number of urea groups is 1. The SMILES string of the molecule is COC(=O)c1ccc(C)c(NC(=O)N2CCc3[nH]cnc3C2c2cccc(F)c2)c1. The highest BCUT2D eigenvalue weighted by Crippen LogP contribution is 2.34. The van der Waals surface area contributed by atoms with Crippen molar-refractivity contribution in [2.24, 2.45) is 0 Å². The van der Waals surface area contributed by atoms with E-state index in [4.69, 9.17) is 4.74 Å². The number of carbonyl (C=O) groups is 2. The molecule has 0 spiro atoms. The molecule has 1 aliphatic heterocycles. The fraction of sp³-hybridized carbons (Fsp3) is 0.227. The molecule has 1 aromatic heterocycles. The fourth-order valence-electron chi connectivity index (χ4n) is 3.70. The smallest absolute Gasteiger partial charge is 0.337 e. The highest BCUT2D eigenvalue weighted by molar-refractivity contribution is 5.95. The number of ether oxygens (including phenoxy) is 1. The Morgan fingerprint density at radius 3 is 2.87 bits per heavy atom. The number of methoxy groups -OCH3 is 1. The number of fused-ring (bicyclic) bond motifs is 1. The van der Waals surface area contributed by atoms with Gasteiger partial charge in [0, 0.05) is 24.3 Å². The maximum atomic E-state index is 13.9. The van der Waals surface area contributed by atoms with Crippen molar-refractivity contribution >= 4 is 17.7 Å². The van der Waals surface area contributed by atoms with Gasteiger partial charge in [0.2, 0.25) is 0 Å². The summed E-state index contributed by atoms with van der Waals surface area (Å²) in [4.78, 5) is 34.2. The quantitative estimate of drug-likeness (QED) is 0.645. The third-order valence-electron chi connectivity index (χ3n) is 5.25. The molecule has 7 nitrogen and oxygen atoms in total. The molecular weight excluding hydrogens is 387 g/mol. The number of nitrogens with one attached hydrogen (secondary N) is 2. The second kappa shape index (κ2) is 7.98. The molecule has 0 radical (unpaired) electrons. The van der Waals surface area contributed by atoms with E-state index >= 15 is 0 Å². The molecule has 3 aromatic rings. The molecule has 0 saturated carbocycles. The molecule has 2 aromatic carbocycles. The summed E-state index contributed by atoms with van der Waals surface area (Å²) in [6.45, 7) is 2.26. The Labute approximate surface area is 172 Å². The maximum absolute atomic E-state index is 13.9. The number of anilines is 1. The Hall–Kier alpha value is -3.68. The number of carbonyl (C=O) groups excluding carboxylic acids is 2. The predicted octanol–water partition coefficient (Wildman–Crippen LogP) is 3.82. The van der Waals surface area contributed by atoms with Crippen LogP contribution in [0.4, 0.5) is 14.9 Å². The third kappa shape index (κ3) is 3.63. The molecule has 0 bridgehead atoms. The number of aromatic amines is 1. The number of halogens is 1. The summed E-state index contributed by atoms with van der Waals surface area (Å²) in [6.07, 6.45) is 2.19. The number of imidazole rings is 1. The van der Waals surface area contributed by atoms with Crippen LogP contribution in [0.3, 0.4) is 0 Å². The van der Waals surface area contributed by atoms with Crippen molar-refractivity contribution in [3.63, 3.8) is 0 Å². The number of benzene rings is 2. The maximum Gasteiger partial charge on any atom is 0.337 e. The highest BCUT2D eigenvalue weighted by Gasteiger charge is 2.34. The van der Waals surface area contributed by atoms with Gasteiger partial charge in [0.1, 0.15) is 11.9 Å². The van der Waals surface area contributed by atoms with E-state index in [-0.39, 0.29) is 11.8 Å². The van der Waals surface area contributed by atoms with Gasteiger partial charge in [-0.25, -0.2) is 19.0 Å². The Balaban J connectivity index is 1.67. The normalized spacial score (nSPS) is 15.4. The van der Waals surface area contributed by atoms with Gasteiger partial charge in [-0.3, -0.25) is 0 Å². The van der Waals surface area contributed by atoms with Crippen molar-refractivity contribution in [3.05, 3.63) is 82.7 Å². The number of hydrogen-bond donors (Lipinski definition) is 2. The molecule has 2 amide bonds. The van der Waals surface area contributed by atoms with Crippen LogP contribution in [0.1, 0.15) is 38.9 Å². The Morgan fingerprint density at radius 1 is 1.27 bits per heavy atom. The summed E-state index contributed by atoms with van der Waals surface area (Å²) < 4.78 is 18.7. The van der Waals surface area contributed by atoms with Crippen LogP contribution < -0.4 is 5.32 Å². The van der Waals surface area contributed by atoms with Crippen molar-refractivity contribution in [1.82, 2.24) is 14.9 Å². The molecule has 0 aliphatic carbocycles. The third-order valence-corrected chi connectivity index (χ3v) is 5.25. The van der Waals surface area contributed by atoms with Gasteiger partial charge in [-0.1, -0.05) is 18.2 Å². The predicted molar refractivity (Wildman–Crippen MR) is 109 cm³/mol. The van der Waals surface area contributed by atoms with Crippen molar-refractivity contribution in [1.29, 1.82) is 0 Å². The Kier molecular flexibility index (Phi) is 5.22. The van der Waals surface area contributed by atoms with Crippen molar-refractivity contribution < 1.29 is 18.7 Å². The molecule has 1 aliphatic rings. The van der Waals surface area contributed by atoms with Crippen LogP contribution >= 0.6 is 0 Å². The number of aryl methyl sites for hydroxylation is 1. The van der Waals surface area contributed by atoms with Crippen LogP contribution in [-0.4, -0.2) is 40.5 Å². The number of aromatic nitrogens is 2. The second-order valence-corrected chi connectivity index (χ2v) is 7.12. The minimum absolute atomic E-state index is 0.341. The standard InChI is InChI=1S/C22H21FN4O3/c1-13-6-7-15(21(28)30-2)11-18(13)26-22(29)27-9-8-17-19(25-12-24-17)20(27)14-4-3-5-16(23)10-14/h3-7,10-12,20H,8-9H2,1-2H3,(H,24,25)(H,26,29). The van der Waals surface area contributed by atoms with Crippen LogP contribution in [0.25, 0.3) is 0 Å². The summed E-state index contributed by atoms with van der Waals surface area (Å²) in [7, 11) is 1.30. The molecule has 2 N–H and O–H groups in total. The average molecular weight is 408 g/mol.